The monoisotopic (exact) mass is 370 g/mol. The number of guanidine groups is 1. The first-order valence-corrected chi connectivity index (χ1v) is 9.51. The second-order valence-corrected chi connectivity index (χ2v) is 7.00. The van der Waals surface area contributed by atoms with Gasteiger partial charge in [-0.2, -0.15) is 0 Å². The molecule has 0 aliphatic carbocycles. The molecule has 1 aliphatic heterocycles. The van der Waals surface area contributed by atoms with Crippen LogP contribution in [0.25, 0.3) is 0 Å². The lowest BCUT2D eigenvalue weighted by atomic mass is 10.0. The molecule has 1 aromatic heterocycles. The van der Waals surface area contributed by atoms with Crippen LogP contribution in [0.3, 0.4) is 0 Å². The predicted molar refractivity (Wildman–Crippen MR) is 110 cm³/mol. The minimum absolute atomic E-state index is 0.350. The minimum Gasteiger partial charge on any atom is -0.497 e. The van der Waals surface area contributed by atoms with Crippen LogP contribution in [0.5, 0.6) is 5.75 Å². The van der Waals surface area contributed by atoms with Crippen molar-refractivity contribution < 1.29 is 9.15 Å². The van der Waals surface area contributed by atoms with E-state index < -0.39 is 0 Å². The maximum absolute atomic E-state index is 5.60. The van der Waals surface area contributed by atoms with Crippen LogP contribution in [0.15, 0.2) is 39.7 Å². The standard InChI is InChI=1S/C21H30N4O2/c1-15-11-17(16(2)27-15)13-23-21(22-3)24-18-7-6-10-25(14-18)19-8-5-9-20(12-19)26-4/h5,8-9,11-12,18H,6-7,10,13-14H2,1-4H3,(H2,22,23,24). The molecule has 0 amide bonds. The minimum atomic E-state index is 0.350. The molecule has 2 aromatic rings. The van der Waals surface area contributed by atoms with E-state index in [1.807, 2.05) is 33.0 Å². The fourth-order valence-corrected chi connectivity index (χ4v) is 3.56. The molecule has 1 aromatic carbocycles. The van der Waals surface area contributed by atoms with E-state index >= 15 is 0 Å². The second kappa shape index (κ2) is 8.84. The van der Waals surface area contributed by atoms with E-state index in [-0.39, 0.29) is 0 Å². The van der Waals surface area contributed by atoms with Crippen LogP contribution in [0.4, 0.5) is 5.69 Å². The zero-order chi connectivity index (χ0) is 19.2. The Labute approximate surface area is 161 Å². The number of piperidine rings is 1. The summed E-state index contributed by atoms with van der Waals surface area (Å²) in [5.41, 5.74) is 2.37. The van der Waals surface area contributed by atoms with Gasteiger partial charge in [-0.3, -0.25) is 4.99 Å². The fraction of sp³-hybridized carbons (Fsp3) is 0.476. The molecule has 6 heteroatoms. The molecule has 0 saturated carbocycles. The van der Waals surface area contributed by atoms with Crippen molar-refractivity contribution in [3.8, 4) is 5.75 Å². The lowest BCUT2D eigenvalue weighted by molar-refractivity contribution is 0.414. The van der Waals surface area contributed by atoms with Gasteiger partial charge >= 0.3 is 0 Å². The number of aliphatic imine (C=N–C) groups is 1. The van der Waals surface area contributed by atoms with Crippen molar-refractivity contribution in [2.24, 2.45) is 4.99 Å². The molecule has 2 N–H and O–H groups in total. The molecule has 3 rings (SSSR count). The zero-order valence-electron chi connectivity index (χ0n) is 16.7. The third-order valence-corrected chi connectivity index (χ3v) is 4.99. The lowest BCUT2D eigenvalue weighted by Gasteiger charge is -2.35. The number of ether oxygens (including phenoxy) is 1. The van der Waals surface area contributed by atoms with Crippen molar-refractivity contribution in [3.63, 3.8) is 0 Å². The number of furan rings is 1. The number of aryl methyl sites for hydroxylation is 2. The summed E-state index contributed by atoms with van der Waals surface area (Å²) in [6.45, 7) is 6.67. The van der Waals surface area contributed by atoms with Crippen LogP contribution in [-0.2, 0) is 6.54 Å². The van der Waals surface area contributed by atoms with E-state index in [1.165, 1.54) is 5.69 Å². The molecule has 6 nitrogen and oxygen atoms in total. The predicted octanol–water partition coefficient (Wildman–Crippen LogP) is 3.24. The molecule has 0 bridgehead atoms. The van der Waals surface area contributed by atoms with E-state index in [9.17, 15) is 0 Å². The van der Waals surface area contributed by atoms with Crippen LogP contribution >= 0.6 is 0 Å². The summed E-state index contributed by atoms with van der Waals surface area (Å²) in [5.74, 6) is 3.61. The van der Waals surface area contributed by atoms with Gasteiger partial charge in [0, 0.05) is 50.0 Å². The number of nitrogens with one attached hydrogen (secondary N) is 2. The second-order valence-electron chi connectivity index (χ2n) is 7.00. The van der Waals surface area contributed by atoms with Crippen molar-refractivity contribution in [1.82, 2.24) is 10.6 Å². The molecule has 2 heterocycles. The summed E-state index contributed by atoms with van der Waals surface area (Å²) in [4.78, 5) is 6.79. The molecular formula is C21H30N4O2. The highest BCUT2D eigenvalue weighted by Crippen LogP contribution is 2.24. The summed E-state index contributed by atoms with van der Waals surface area (Å²) in [6, 6.07) is 10.7. The van der Waals surface area contributed by atoms with Gasteiger partial charge in [-0.15, -0.1) is 0 Å². The average molecular weight is 370 g/mol. The smallest absolute Gasteiger partial charge is 0.191 e. The molecule has 0 spiro atoms. The highest BCUT2D eigenvalue weighted by molar-refractivity contribution is 5.80. The molecule has 1 fully saturated rings. The van der Waals surface area contributed by atoms with Crippen molar-refractivity contribution in [3.05, 3.63) is 47.4 Å². The van der Waals surface area contributed by atoms with Gasteiger partial charge in [-0.05, 0) is 44.9 Å². The fourth-order valence-electron chi connectivity index (χ4n) is 3.56. The first-order valence-electron chi connectivity index (χ1n) is 9.51. The number of nitrogens with zero attached hydrogens (tertiary/aromatic N) is 2. The van der Waals surface area contributed by atoms with Crippen LogP contribution in [0, 0.1) is 13.8 Å². The average Bonchev–Trinajstić information content (AvgIpc) is 3.02. The van der Waals surface area contributed by atoms with Crippen molar-refractivity contribution >= 4 is 11.6 Å². The van der Waals surface area contributed by atoms with Crippen molar-refractivity contribution in [2.45, 2.75) is 39.3 Å². The van der Waals surface area contributed by atoms with E-state index in [0.29, 0.717) is 12.6 Å². The van der Waals surface area contributed by atoms with Gasteiger partial charge in [-0.25, -0.2) is 0 Å². The van der Waals surface area contributed by atoms with Crippen LogP contribution in [-0.4, -0.2) is 39.2 Å². The number of methoxy groups -OCH3 is 1. The molecule has 1 atom stereocenters. The van der Waals surface area contributed by atoms with E-state index in [2.05, 4.69) is 38.7 Å². The topological polar surface area (TPSA) is 62.0 Å². The Morgan fingerprint density at radius 2 is 2.19 bits per heavy atom. The Bertz CT molecular complexity index is 784. The molecule has 1 unspecified atom stereocenters. The van der Waals surface area contributed by atoms with Crippen LogP contribution in [0.1, 0.15) is 29.9 Å². The summed E-state index contributed by atoms with van der Waals surface area (Å²) in [7, 11) is 3.52. The number of hydrogen-bond donors (Lipinski definition) is 2. The van der Waals surface area contributed by atoms with E-state index in [0.717, 1.165) is 54.7 Å². The Morgan fingerprint density at radius 3 is 2.89 bits per heavy atom. The summed E-state index contributed by atoms with van der Waals surface area (Å²) < 4.78 is 11.0. The number of rotatable bonds is 5. The number of hydrogen-bond acceptors (Lipinski definition) is 4. The SMILES string of the molecule is CN=C(NCc1cc(C)oc1C)NC1CCCN(c2cccc(OC)c2)C1. The first-order chi connectivity index (χ1) is 13.1. The summed E-state index contributed by atoms with van der Waals surface area (Å²) >= 11 is 0. The Morgan fingerprint density at radius 1 is 1.33 bits per heavy atom. The lowest BCUT2D eigenvalue weighted by Crippen LogP contribution is -2.51. The van der Waals surface area contributed by atoms with Crippen LogP contribution in [0.2, 0.25) is 0 Å². The van der Waals surface area contributed by atoms with Crippen molar-refractivity contribution in [1.29, 1.82) is 0 Å². The molecule has 0 radical (unpaired) electrons. The van der Waals surface area contributed by atoms with Gasteiger partial charge < -0.3 is 24.7 Å². The summed E-state index contributed by atoms with van der Waals surface area (Å²) in [5, 5.41) is 6.97. The largest absolute Gasteiger partial charge is 0.497 e. The first kappa shape index (κ1) is 19.1. The molecule has 1 saturated heterocycles. The number of benzene rings is 1. The molecule has 1 aliphatic rings. The quantitative estimate of drug-likeness (QED) is 0.625. The third-order valence-electron chi connectivity index (χ3n) is 4.99. The van der Waals surface area contributed by atoms with Gasteiger partial charge in [0.1, 0.15) is 17.3 Å². The van der Waals surface area contributed by atoms with E-state index in [1.54, 1.807) is 7.11 Å². The van der Waals surface area contributed by atoms with E-state index in [4.69, 9.17) is 9.15 Å². The Hall–Kier alpha value is -2.63. The van der Waals surface area contributed by atoms with Gasteiger partial charge in [0.05, 0.1) is 7.11 Å². The van der Waals surface area contributed by atoms with Gasteiger partial charge in [0.15, 0.2) is 5.96 Å². The zero-order valence-corrected chi connectivity index (χ0v) is 16.7. The van der Waals surface area contributed by atoms with Gasteiger partial charge in [-0.1, -0.05) is 6.07 Å². The normalized spacial score (nSPS) is 17.7. The van der Waals surface area contributed by atoms with Gasteiger partial charge in [0.2, 0.25) is 0 Å². The summed E-state index contributed by atoms with van der Waals surface area (Å²) in [6.07, 6.45) is 2.27. The third kappa shape index (κ3) is 4.96. The van der Waals surface area contributed by atoms with Gasteiger partial charge in [0.25, 0.3) is 0 Å². The maximum atomic E-state index is 5.60. The maximum Gasteiger partial charge on any atom is 0.191 e. The van der Waals surface area contributed by atoms with Crippen molar-refractivity contribution in [2.75, 3.05) is 32.1 Å². The molecular weight excluding hydrogens is 340 g/mol. The highest BCUT2D eigenvalue weighted by Gasteiger charge is 2.21. The highest BCUT2D eigenvalue weighted by atomic mass is 16.5. The number of anilines is 1. The Kier molecular flexibility index (Phi) is 6.27. The molecule has 146 valence electrons. The Balaban J connectivity index is 1.57. The molecule has 27 heavy (non-hydrogen) atoms. The van der Waals surface area contributed by atoms with Crippen LogP contribution < -0.4 is 20.3 Å².